The van der Waals surface area contributed by atoms with E-state index in [0.717, 1.165) is 11.3 Å². The Labute approximate surface area is 159 Å². The van der Waals surface area contributed by atoms with Crippen molar-refractivity contribution in [3.05, 3.63) is 59.1 Å². The van der Waals surface area contributed by atoms with Gasteiger partial charge in [0.1, 0.15) is 0 Å². The summed E-state index contributed by atoms with van der Waals surface area (Å²) in [5, 5.41) is 3.43. The number of aryl methyl sites for hydroxylation is 1. The van der Waals surface area contributed by atoms with Gasteiger partial charge in [-0.25, -0.2) is 8.42 Å². The standard InChI is InChI=1S/C19H21ClN2O3S/c1-14-13-17(7-8-18(14)20)26(24,25)22-11-9-15(10-12-22)19(23)21-16-5-3-2-4-6-16/h2-8,13,15H,9-12H2,1H3,(H,21,23). The Bertz CT molecular complexity index is 892. The maximum absolute atomic E-state index is 12.8. The number of nitrogens with one attached hydrogen (secondary N) is 1. The predicted octanol–water partition coefficient (Wildman–Crippen LogP) is 3.69. The SMILES string of the molecule is Cc1cc(S(=O)(=O)N2CCC(C(=O)Nc3ccccc3)CC2)ccc1Cl. The van der Waals surface area contributed by atoms with E-state index in [9.17, 15) is 13.2 Å². The van der Waals surface area contributed by atoms with Crippen LogP contribution in [0.1, 0.15) is 18.4 Å². The molecule has 0 bridgehead atoms. The van der Waals surface area contributed by atoms with Crippen molar-refractivity contribution >= 4 is 33.2 Å². The summed E-state index contributed by atoms with van der Waals surface area (Å²) < 4.78 is 27.0. The molecule has 26 heavy (non-hydrogen) atoms. The summed E-state index contributed by atoms with van der Waals surface area (Å²) in [4.78, 5) is 12.6. The molecule has 1 aliphatic rings. The third-order valence-corrected chi connectivity index (χ3v) is 6.95. The molecule has 0 atom stereocenters. The van der Waals surface area contributed by atoms with Crippen LogP contribution >= 0.6 is 11.6 Å². The Balaban J connectivity index is 1.64. The van der Waals surface area contributed by atoms with E-state index in [1.165, 1.54) is 10.4 Å². The van der Waals surface area contributed by atoms with E-state index < -0.39 is 10.0 Å². The van der Waals surface area contributed by atoms with E-state index >= 15 is 0 Å². The van der Waals surface area contributed by atoms with Crippen molar-refractivity contribution in [2.45, 2.75) is 24.7 Å². The number of nitrogens with zero attached hydrogens (tertiary/aromatic N) is 1. The molecule has 1 fully saturated rings. The van der Waals surface area contributed by atoms with E-state index in [1.54, 1.807) is 19.1 Å². The van der Waals surface area contributed by atoms with Crippen LogP contribution in [0.5, 0.6) is 0 Å². The smallest absolute Gasteiger partial charge is 0.243 e. The fraction of sp³-hybridized carbons (Fsp3) is 0.316. The molecule has 1 N–H and O–H groups in total. The fourth-order valence-electron chi connectivity index (χ4n) is 3.05. The molecule has 2 aromatic rings. The Hall–Kier alpha value is -1.89. The van der Waals surface area contributed by atoms with Gasteiger partial charge in [-0.2, -0.15) is 4.31 Å². The van der Waals surface area contributed by atoms with Crippen LogP contribution in [0, 0.1) is 12.8 Å². The Morgan fingerprint density at radius 2 is 1.77 bits per heavy atom. The molecule has 1 saturated heterocycles. The number of rotatable bonds is 4. The molecule has 5 nitrogen and oxygen atoms in total. The van der Waals surface area contributed by atoms with Gasteiger partial charge >= 0.3 is 0 Å². The van der Waals surface area contributed by atoms with Crippen LogP contribution in [0.2, 0.25) is 5.02 Å². The monoisotopic (exact) mass is 392 g/mol. The number of sulfonamides is 1. The summed E-state index contributed by atoms with van der Waals surface area (Å²) >= 11 is 5.98. The Kier molecular flexibility index (Phi) is 5.65. The molecule has 0 aromatic heterocycles. The largest absolute Gasteiger partial charge is 0.326 e. The lowest BCUT2D eigenvalue weighted by atomic mass is 9.97. The van der Waals surface area contributed by atoms with E-state index in [4.69, 9.17) is 11.6 Å². The van der Waals surface area contributed by atoms with Crippen molar-refractivity contribution in [1.82, 2.24) is 4.31 Å². The first-order valence-corrected chi connectivity index (χ1v) is 10.3. The highest BCUT2D eigenvalue weighted by atomic mass is 35.5. The fourth-order valence-corrected chi connectivity index (χ4v) is 4.72. The molecular weight excluding hydrogens is 372 g/mol. The molecule has 1 heterocycles. The van der Waals surface area contributed by atoms with Crippen LogP contribution in [-0.4, -0.2) is 31.7 Å². The maximum atomic E-state index is 12.8. The van der Waals surface area contributed by atoms with E-state index in [0.29, 0.717) is 31.0 Å². The van der Waals surface area contributed by atoms with Gasteiger partial charge in [-0.3, -0.25) is 4.79 Å². The molecule has 2 aromatic carbocycles. The number of carbonyl (C=O) groups is 1. The second-order valence-corrected chi connectivity index (χ2v) is 8.79. The van der Waals surface area contributed by atoms with Gasteiger partial charge in [0, 0.05) is 29.7 Å². The van der Waals surface area contributed by atoms with Crippen LogP contribution in [-0.2, 0) is 14.8 Å². The molecule has 1 aliphatic heterocycles. The average molecular weight is 393 g/mol. The number of hydrogen-bond acceptors (Lipinski definition) is 3. The molecule has 0 spiro atoms. The maximum Gasteiger partial charge on any atom is 0.243 e. The van der Waals surface area contributed by atoms with Crippen LogP contribution < -0.4 is 5.32 Å². The van der Waals surface area contributed by atoms with Gasteiger partial charge in [0.05, 0.1) is 4.90 Å². The number of para-hydroxylation sites is 1. The third kappa shape index (κ3) is 4.09. The van der Waals surface area contributed by atoms with Gasteiger partial charge < -0.3 is 5.32 Å². The summed E-state index contributed by atoms with van der Waals surface area (Å²) in [6.45, 7) is 2.44. The van der Waals surface area contributed by atoms with Crippen molar-refractivity contribution in [1.29, 1.82) is 0 Å². The summed E-state index contributed by atoms with van der Waals surface area (Å²) in [5.41, 5.74) is 1.48. The molecule has 0 saturated carbocycles. The quantitative estimate of drug-likeness (QED) is 0.862. The van der Waals surface area contributed by atoms with Gasteiger partial charge in [-0.15, -0.1) is 0 Å². The zero-order valence-corrected chi connectivity index (χ0v) is 16.1. The average Bonchev–Trinajstić information content (AvgIpc) is 2.65. The van der Waals surface area contributed by atoms with Crippen LogP contribution in [0.4, 0.5) is 5.69 Å². The highest BCUT2D eigenvalue weighted by Crippen LogP contribution is 2.27. The second kappa shape index (κ2) is 7.78. The summed E-state index contributed by atoms with van der Waals surface area (Å²) in [6, 6.07) is 14.0. The predicted molar refractivity (Wildman–Crippen MR) is 103 cm³/mol. The third-order valence-electron chi connectivity index (χ3n) is 4.63. The summed E-state index contributed by atoms with van der Waals surface area (Å²) in [7, 11) is -3.57. The van der Waals surface area contributed by atoms with Crippen LogP contribution in [0.3, 0.4) is 0 Å². The highest BCUT2D eigenvalue weighted by Gasteiger charge is 2.32. The van der Waals surface area contributed by atoms with Gasteiger partial charge in [0.15, 0.2) is 0 Å². The number of halogens is 1. The van der Waals surface area contributed by atoms with Crippen LogP contribution in [0.25, 0.3) is 0 Å². The number of carbonyl (C=O) groups excluding carboxylic acids is 1. The van der Waals surface area contributed by atoms with Gasteiger partial charge in [-0.1, -0.05) is 29.8 Å². The molecule has 138 valence electrons. The normalized spacial score (nSPS) is 16.4. The molecule has 7 heteroatoms. The molecule has 1 amide bonds. The van der Waals surface area contributed by atoms with Crippen LogP contribution in [0.15, 0.2) is 53.4 Å². The minimum atomic E-state index is -3.57. The van der Waals surface area contributed by atoms with Crippen molar-refractivity contribution in [3.63, 3.8) is 0 Å². The minimum absolute atomic E-state index is 0.0596. The molecule has 0 aliphatic carbocycles. The summed E-state index contributed by atoms with van der Waals surface area (Å²) in [5.74, 6) is -0.246. The number of piperidine rings is 1. The number of anilines is 1. The van der Waals surface area contributed by atoms with Crippen molar-refractivity contribution in [3.8, 4) is 0 Å². The van der Waals surface area contributed by atoms with E-state index in [-0.39, 0.29) is 16.7 Å². The first kappa shape index (κ1) is 18.9. The van der Waals surface area contributed by atoms with Crippen molar-refractivity contribution < 1.29 is 13.2 Å². The highest BCUT2D eigenvalue weighted by molar-refractivity contribution is 7.89. The lowest BCUT2D eigenvalue weighted by molar-refractivity contribution is -0.120. The first-order valence-electron chi connectivity index (χ1n) is 8.50. The number of hydrogen-bond donors (Lipinski definition) is 1. The summed E-state index contributed by atoms with van der Waals surface area (Å²) in [6.07, 6.45) is 1.01. The van der Waals surface area contributed by atoms with E-state index in [1.807, 2.05) is 30.3 Å². The Morgan fingerprint density at radius 3 is 2.38 bits per heavy atom. The first-order chi connectivity index (χ1) is 12.4. The molecule has 0 unspecified atom stereocenters. The van der Waals surface area contributed by atoms with Crippen molar-refractivity contribution in [2.75, 3.05) is 18.4 Å². The Morgan fingerprint density at radius 1 is 1.12 bits per heavy atom. The van der Waals surface area contributed by atoms with Crippen molar-refractivity contribution in [2.24, 2.45) is 5.92 Å². The number of amides is 1. The molecular formula is C19H21ClN2O3S. The van der Waals surface area contributed by atoms with Gasteiger partial charge in [-0.05, 0) is 55.7 Å². The second-order valence-electron chi connectivity index (χ2n) is 6.44. The zero-order valence-electron chi connectivity index (χ0n) is 14.5. The zero-order chi connectivity index (χ0) is 18.7. The topological polar surface area (TPSA) is 66.5 Å². The molecule has 0 radical (unpaired) electrons. The minimum Gasteiger partial charge on any atom is -0.326 e. The van der Waals surface area contributed by atoms with E-state index in [2.05, 4.69) is 5.32 Å². The molecule has 3 rings (SSSR count). The number of benzene rings is 2. The van der Waals surface area contributed by atoms with Gasteiger partial charge in [0.25, 0.3) is 0 Å². The lowest BCUT2D eigenvalue weighted by Crippen LogP contribution is -2.41. The van der Waals surface area contributed by atoms with Gasteiger partial charge in [0.2, 0.25) is 15.9 Å². The lowest BCUT2D eigenvalue weighted by Gasteiger charge is -2.30.